The number of benzene rings is 1. The van der Waals surface area contributed by atoms with Crippen LogP contribution in [0, 0.1) is 34.6 Å². The molecular formula is C14H22N2O2S. The summed E-state index contributed by atoms with van der Waals surface area (Å²) in [5, 5.41) is 0. The van der Waals surface area contributed by atoms with E-state index < -0.39 is 10.0 Å². The first kappa shape index (κ1) is 14.5. The highest BCUT2D eigenvalue weighted by Gasteiger charge is 2.37. The van der Waals surface area contributed by atoms with Crippen LogP contribution >= 0.6 is 0 Å². The van der Waals surface area contributed by atoms with Gasteiger partial charge in [-0.05, 0) is 62.4 Å². The Kier molecular flexibility index (Phi) is 3.49. The molecule has 1 aromatic rings. The smallest absolute Gasteiger partial charge is 0.243 e. The molecular weight excluding hydrogens is 260 g/mol. The van der Waals surface area contributed by atoms with E-state index in [0.717, 1.165) is 22.3 Å². The highest BCUT2D eigenvalue weighted by Crippen LogP contribution is 2.32. The fourth-order valence-corrected chi connectivity index (χ4v) is 4.76. The first-order valence-electron chi connectivity index (χ1n) is 6.50. The van der Waals surface area contributed by atoms with E-state index in [1.54, 1.807) is 0 Å². The minimum Gasteiger partial charge on any atom is -0.325 e. The van der Waals surface area contributed by atoms with Crippen molar-refractivity contribution in [1.29, 1.82) is 0 Å². The fourth-order valence-electron chi connectivity index (χ4n) is 2.65. The number of nitrogens with zero attached hydrogens (tertiary/aromatic N) is 1. The maximum Gasteiger partial charge on any atom is 0.243 e. The van der Waals surface area contributed by atoms with E-state index in [1.807, 2.05) is 34.6 Å². The molecule has 4 nitrogen and oxygen atoms in total. The van der Waals surface area contributed by atoms with Gasteiger partial charge in [-0.1, -0.05) is 0 Å². The molecule has 1 aromatic carbocycles. The second-order valence-corrected chi connectivity index (χ2v) is 7.41. The van der Waals surface area contributed by atoms with Gasteiger partial charge >= 0.3 is 0 Å². The van der Waals surface area contributed by atoms with Gasteiger partial charge in [0.15, 0.2) is 0 Å². The number of nitrogens with two attached hydrogens (primary N) is 1. The molecule has 0 aromatic heterocycles. The van der Waals surface area contributed by atoms with Crippen molar-refractivity contribution >= 4 is 10.0 Å². The van der Waals surface area contributed by atoms with Gasteiger partial charge in [0.05, 0.1) is 4.90 Å². The molecule has 1 heterocycles. The third-order valence-corrected chi connectivity index (χ3v) is 6.51. The van der Waals surface area contributed by atoms with E-state index in [4.69, 9.17) is 5.73 Å². The molecule has 2 N–H and O–H groups in total. The molecule has 5 heteroatoms. The Bertz CT molecular complexity index is 600. The Balaban J connectivity index is 2.64. The van der Waals surface area contributed by atoms with Gasteiger partial charge in [0, 0.05) is 19.1 Å². The van der Waals surface area contributed by atoms with E-state index >= 15 is 0 Å². The number of hydrogen-bond donors (Lipinski definition) is 1. The quantitative estimate of drug-likeness (QED) is 0.895. The van der Waals surface area contributed by atoms with Crippen molar-refractivity contribution in [3.05, 3.63) is 27.8 Å². The molecule has 2 rings (SSSR count). The normalized spacial score (nSPS) is 17.6. The Labute approximate surface area is 115 Å². The van der Waals surface area contributed by atoms with Gasteiger partial charge in [0.2, 0.25) is 10.0 Å². The molecule has 0 bridgehead atoms. The van der Waals surface area contributed by atoms with Gasteiger partial charge in [-0.2, -0.15) is 4.31 Å². The van der Waals surface area contributed by atoms with Crippen molar-refractivity contribution in [2.45, 2.75) is 45.6 Å². The minimum atomic E-state index is -3.40. The fraction of sp³-hybridized carbons (Fsp3) is 0.571. The summed E-state index contributed by atoms with van der Waals surface area (Å²) in [5.41, 5.74) is 10.7. The molecule has 0 amide bonds. The lowest BCUT2D eigenvalue weighted by Gasteiger charge is -2.36. The number of hydrogen-bond acceptors (Lipinski definition) is 3. The third kappa shape index (κ3) is 2.10. The second kappa shape index (κ2) is 4.58. The summed E-state index contributed by atoms with van der Waals surface area (Å²) in [6, 6.07) is -0.0250. The first-order valence-corrected chi connectivity index (χ1v) is 7.94. The van der Waals surface area contributed by atoms with Crippen LogP contribution < -0.4 is 5.73 Å². The maximum atomic E-state index is 12.7. The Morgan fingerprint density at radius 3 is 1.63 bits per heavy atom. The van der Waals surface area contributed by atoms with E-state index in [9.17, 15) is 8.42 Å². The van der Waals surface area contributed by atoms with Crippen LogP contribution in [0.1, 0.15) is 27.8 Å². The lowest BCUT2D eigenvalue weighted by molar-refractivity contribution is 0.265. The highest BCUT2D eigenvalue weighted by atomic mass is 32.2. The Morgan fingerprint density at radius 1 is 0.895 bits per heavy atom. The Hall–Kier alpha value is -0.910. The van der Waals surface area contributed by atoms with Crippen LogP contribution in [-0.2, 0) is 10.0 Å². The predicted molar refractivity (Wildman–Crippen MR) is 76.9 cm³/mol. The standard InChI is InChI=1S/C14H22N2O2S/c1-8-9(2)11(4)14(12(5)10(8)3)19(17,18)16-6-13(15)7-16/h13H,6-7,15H2,1-5H3. The summed E-state index contributed by atoms with van der Waals surface area (Å²) in [4.78, 5) is 0.472. The first-order chi connectivity index (χ1) is 8.67. The lowest BCUT2D eigenvalue weighted by atomic mass is 9.95. The molecule has 0 radical (unpaired) electrons. The number of rotatable bonds is 2. The van der Waals surface area contributed by atoms with Crippen molar-refractivity contribution in [1.82, 2.24) is 4.31 Å². The molecule has 1 saturated heterocycles. The van der Waals surface area contributed by atoms with Crippen LogP contribution in [0.5, 0.6) is 0 Å². The zero-order valence-electron chi connectivity index (χ0n) is 12.2. The van der Waals surface area contributed by atoms with Crippen molar-refractivity contribution in [3.63, 3.8) is 0 Å². The molecule has 1 aliphatic heterocycles. The molecule has 106 valence electrons. The summed E-state index contributed by atoms with van der Waals surface area (Å²) >= 11 is 0. The van der Waals surface area contributed by atoms with Gasteiger partial charge in [-0.15, -0.1) is 0 Å². The van der Waals surface area contributed by atoms with Crippen molar-refractivity contribution in [2.75, 3.05) is 13.1 Å². The molecule has 1 aliphatic rings. The predicted octanol–water partition coefficient (Wildman–Crippen LogP) is 1.56. The molecule has 1 fully saturated rings. The van der Waals surface area contributed by atoms with Crippen LogP contribution in [0.4, 0.5) is 0 Å². The van der Waals surface area contributed by atoms with E-state index in [2.05, 4.69) is 0 Å². The molecule has 0 aliphatic carbocycles. The van der Waals surface area contributed by atoms with Gasteiger partial charge in [0.1, 0.15) is 0 Å². The van der Waals surface area contributed by atoms with Crippen LogP contribution in [0.2, 0.25) is 0 Å². The summed E-state index contributed by atoms with van der Waals surface area (Å²) in [5.74, 6) is 0. The zero-order valence-corrected chi connectivity index (χ0v) is 13.1. The molecule has 0 spiro atoms. The molecule has 0 atom stereocenters. The molecule has 0 unspecified atom stereocenters. The summed E-state index contributed by atoms with van der Waals surface area (Å²) in [6.07, 6.45) is 0. The zero-order chi connectivity index (χ0) is 14.5. The topological polar surface area (TPSA) is 63.4 Å². The van der Waals surface area contributed by atoms with Crippen molar-refractivity contribution in [2.24, 2.45) is 5.73 Å². The summed E-state index contributed by atoms with van der Waals surface area (Å²) in [7, 11) is -3.40. The number of sulfonamides is 1. The second-order valence-electron chi connectivity index (χ2n) is 5.54. The maximum absolute atomic E-state index is 12.7. The van der Waals surface area contributed by atoms with Crippen LogP contribution in [-0.4, -0.2) is 31.9 Å². The van der Waals surface area contributed by atoms with Crippen molar-refractivity contribution < 1.29 is 8.42 Å². The van der Waals surface area contributed by atoms with Crippen LogP contribution in [0.15, 0.2) is 4.90 Å². The van der Waals surface area contributed by atoms with Gasteiger partial charge in [0.25, 0.3) is 0 Å². The lowest BCUT2D eigenvalue weighted by Crippen LogP contribution is -2.57. The summed E-state index contributed by atoms with van der Waals surface area (Å²) in [6.45, 7) is 10.6. The van der Waals surface area contributed by atoms with Gasteiger partial charge in [-0.25, -0.2) is 8.42 Å². The van der Waals surface area contributed by atoms with Crippen LogP contribution in [0.25, 0.3) is 0 Å². The SMILES string of the molecule is Cc1c(C)c(C)c(S(=O)(=O)N2CC(N)C2)c(C)c1C. The average Bonchev–Trinajstić information content (AvgIpc) is 2.30. The molecule has 19 heavy (non-hydrogen) atoms. The minimum absolute atomic E-state index is 0.0250. The van der Waals surface area contributed by atoms with Crippen molar-refractivity contribution in [3.8, 4) is 0 Å². The Morgan fingerprint density at radius 2 is 1.26 bits per heavy atom. The van der Waals surface area contributed by atoms with Crippen LogP contribution in [0.3, 0.4) is 0 Å². The van der Waals surface area contributed by atoms with Gasteiger partial charge < -0.3 is 5.73 Å². The summed E-state index contributed by atoms with van der Waals surface area (Å²) < 4.78 is 26.8. The molecule has 0 saturated carbocycles. The average molecular weight is 282 g/mol. The highest BCUT2D eigenvalue weighted by molar-refractivity contribution is 7.89. The monoisotopic (exact) mass is 282 g/mol. The van der Waals surface area contributed by atoms with E-state index in [-0.39, 0.29) is 6.04 Å². The largest absolute Gasteiger partial charge is 0.325 e. The van der Waals surface area contributed by atoms with E-state index in [0.29, 0.717) is 18.0 Å². The van der Waals surface area contributed by atoms with E-state index in [1.165, 1.54) is 9.87 Å². The third-order valence-electron chi connectivity index (χ3n) is 4.41. The van der Waals surface area contributed by atoms with Gasteiger partial charge in [-0.3, -0.25) is 0 Å².